The fourth-order valence-electron chi connectivity index (χ4n) is 1.62. The first-order valence-corrected chi connectivity index (χ1v) is 6.33. The van der Waals surface area contributed by atoms with Crippen LogP contribution in [0.3, 0.4) is 0 Å². The summed E-state index contributed by atoms with van der Waals surface area (Å²) in [6, 6.07) is 9.82. The number of hydrogen-bond donors (Lipinski definition) is 1. The zero-order valence-corrected chi connectivity index (χ0v) is 9.44. The predicted octanol–water partition coefficient (Wildman–Crippen LogP) is 1.91. The van der Waals surface area contributed by atoms with Gasteiger partial charge in [-0.3, -0.25) is 0 Å². The van der Waals surface area contributed by atoms with E-state index in [4.69, 9.17) is 4.18 Å². The lowest BCUT2D eigenvalue weighted by Gasteiger charge is -2.04. The van der Waals surface area contributed by atoms with Gasteiger partial charge in [0.2, 0.25) is 0 Å². The molecular formula is C11H8N2O3S. The number of anilines is 2. The topological polar surface area (TPSA) is 68.3 Å². The van der Waals surface area contributed by atoms with Crippen LogP contribution < -0.4 is 9.50 Å². The van der Waals surface area contributed by atoms with Gasteiger partial charge in [-0.05, 0) is 24.3 Å². The molecule has 0 fully saturated rings. The molecule has 1 aliphatic heterocycles. The third-order valence-electron chi connectivity index (χ3n) is 2.38. The highest BCUT2D eigenvalue weighted by atomic mass is 32.2. The van der Waals surface area contributed by atoms with Gasteiger partial charge in [-0.15, -0.1) is 0 Å². The first-order valence-electron chi connectivity index (χ1n) is 4.92. The first kappa shape index (κ1) is 10.1. The number of hydrogen-bond acceptors (Lipinski definition) is 5. The molecule has 1 aliphatic rings. The molecule has 86 valence electrons. The normalized spacial score (nSPS) is 15.8. The first-order chi connectivity index (χ1) is 8.17. The smallest absolute Gasteiger partial charge is 0.343 e. The Hall–Kier alpha value is -2.08. The van der Waals surface area contributed by atoms with E-state index in [0.29, 0.717) is 5.69 Å². The summed E-state index contributed by atoms with van der Waals surface area (Å²) >= 11 is 0. The van der Waals surface area contributed by atoms with Gasteiger partial charge in [-0.1, -0.05) is 12.1 Å². The third-order valence-corrected chi connectivity index (χ3v) is 3.65. The second kappa shape index (κ2) is 3.46. The van der Waals surface area contributed by atoms with Crippen LogP contribution in [0.15, 0.2) is 47.5 Å². The van der Waals surface area contributed by atoms with Gasteiger partial charge in [0, 0.05) is 6.20 Å². The van der Waals surface area contributed by atoms with Crippen LogP contribution in [-0.4, -0.2) is 13.4 Å². The number of para-hydroxylation sites is 2. The lowest BCUT2D eigenvalue weighted by molar-refractivity contribution is 0.489. The van der Waals surface area contributed by atoms with Crippen LogP contribution in [0.25, 0.3) is 0 Å². The molecule has 5 nitrogen and oxygen atoms in total. The van der Waals surface area contributed by atoms with Crippen LogP contribution >= 0.6 is 0 Å². The lowest BCUT2D eigenvalue weighted by Crippen LogP contribution is -2.09. The monoisotopic (exact) mass is 248 g/mol. The van der Waals surface area contributed by atoms with Crippen molar-refractivity contribution in [3.05, 3.63) is 42.6 Å². The number of fused-ring (bicyclic) bond motifs is 2. The van der Waals surface area contributed by atoms with E-state index >= 15 is 0 Å². The Kier molecular flexibility index (Phi) is 2.05. The summed E-state index contributed by atoms with van der Waals surface area (Å²) in [6.45, 7) is 0. The predicted molar refractivity (Wildman–Crippen MR) is 61.8 cm³/mol. The van der Waals surface area contributed by atoms with Crippen molar-refractivity contribution in [2.75, 3.05) is 5.32 Å². The Morgan fingerprint density at radius 1 is 1.12 bits per heavy atom. The molecular weight excluding hydrogens is 240 g/mol. The molecule has 0 saturated heterocycles. The Morgan fingerprint density at radius 3 is 2.82 bits per heavy atom. The molecule has 3 rings (SSSR count). The Bertz CT molecular complexity index is 683. The average molecular weight is 248 g/mol. The van der Waals surface area contributed by atoms with Crippen molar-refractivity contribution in [3.63, 3.8) is 0 Å². The molecule has 0 amide bonds. The summed E-state index contributed by atoms with van der Waals surface area (Å²) in [7, 11) is -3.82. The van der Waals surface area contributed by atoms with E-state index in [1.165, 1.54) is 12.3 Å². The Morgan fingerprint density at radius 2 is 1.94 bits per heavy atom. The van der Waals surface area contributed by atoms with E-state index in [1.54, 1.807) is 30.3 Å². The molecule has 2 heterocycles. The molecule has 0 aliphatic carbocycles. The average Bonchev–Trinajstić information content (AvgIpc) is 2.42. The van der Waals surface area contributed by atoms with Gasteiger partial charge in [0.25, 0.3) is 0 Å². The fraction of sp³-hybridized carbons (Fsp3) is 0. The van der Waals surface area contributed by atoms with E-state index in [2.05, 4.69) is 10.3 Å². The number of pyridine rings is 1. The minimum Gasteiger partial charge on any atom is -0.377 e. The maximum atomic E-state index is 12.0. The second-order valence-electron chi connectivity index (χ2n) is 3.51. The quantitative estimate of drug-likeness (QED) is 0.721. The number of nitrogens with zero attached hydrogens (tertiary/aromatic N) is 1. The summed E-state index contributed by atoms with van der Waals surface area (Å²) in [4.78, 5) is 4.04. The standard InChI is InChI=1S/C11H8N2O3S/c14-17(15)10-6-3-7-12-11(10)13-8-4-1-2-5-9(8)16-17/h1-7H,(H,12,13). The van der Waals surface area contributed by atoms with Gasteiger partial charge in [0.05, 0.1) is 5.69 Å². The van der Waals surface area contributed by atoms with Gasteiger partial charge >= 0.3 is 10.1 Å². The maximum Gasteiger partial charge on any atom is 0.343 e. The number of aromatic nitrogens is 1. The van der Waals surface area contributed by atoms with Gasteiger partial charge in [0.15, 0.2) is 11.6 Å². The van der Waals surface area contributed by atoms with Crippen LogP contribution in [-0.2, 0) is 10.1 Å². The van der Waals surface area contributed by atoms with Crippen LogP contribution in [0.5, 0.6) is 5.75 Å². The summed E-state index contributed by atoms with van der Waals surface area (Å²) in [5, 5.41) is 2.94. The Labute approximate surface area is 98.2 Å². The van der Waals surface area contributed by atoms with E-state index in [0.717, 1.165) is 0 Å². The third kappa shape index (κ3) is 1.62. The summed E-state index contributed by atoms with van der Waals surface area (Å²) in [5.74, 6) is 0.544. The van der Waals surface area contributed by atoms with Crippen LogP contribution in [0.1, 0.15) is 0 Å². The van der Waals surface area contributed by atoms with Crippen molar-refractivity contribution in [2.24, 2.45) is 0 Å². The zero-order valence-electron chi connectivity index (χ0n) is 8.62. The highest BCUT2D eigenvalue weighted by molar-refractivity contribution is 7.87. The summed E-state index contributed by atoms with van der Waals surface area (Å²) in [5.41, 5.74) is 0.577. The van der Waals surface area contributed by atoms with E-state index < -0.39 is 10.1 Å². The fourth-order valence-corrected chi connectivity index (χ4v) is 2.68. The molecule has 0 radical (unpaired) electrons. The van der Waals surface area contributed by atoms with E-state index in [1.807, 2.05) is 0 Å². The number of rotatable bonds is 0. The van der Waals surface area contributed by atoms with Gasteiger partial charge < -0.3 is 9.50 Å². The number of nitrogens with one attached hydrogen (secondary N) is 1. The second-order valence-corrected chi connectivity index (χ2v) is 5.02. The largest absolute Gasteiger partial charge is 0.377 e. The summed E-state index contributed by atoms with van der Waals surface area (Å²) in [6.07, 6.45) is 1.52. The highest BCUT2D eigenvalue weighted by Gasteiger charge is 2.26. The van der Waals surface area contributed by atoms with Gasteiger partial charge in [-0.2, -0.15) is 8.42 Å². The van der Waals surface area contributed by atoms with Crippen molar-refractivity contribution in [1.29, 1.82) is 0 Å². The van der Waals surface area contributed by atoms with E-state index in [-0.39, 0.29) is 16.5 Å². The number of benzene rings is 1. The Balaban J connectivity index is 2.28. The molecule has 1 aromatic carbocycles. The SMILES string of the molecule is O=S1(=O)Oc2ccccc2Nc2ncccc21. The molecule has 6 heteroatoms. The highest BCUT2D eigenvalue weighted by Crippen LogP contribution is 2.35. The molecule has 0 unspecified atom stereocenters. The molecule has 1 aromatic heterocycles. The van der Waals surface area contributed by atoms with Crippen molar-refractivity contribution in [2.45, 2.75) is 4.90 Å². The van der Waals surface area contributed by atoms with Crippen molar-refractivity contribution < 1.29 is 12.6 Å². The van der Waals surface area contributed by atoms with Crippen molar-refractivity contribution in [1.82, 2.24) is 4.98 Å². The van der Waals surface area contributed by atoms with Crippen LogP contribution in [0, 0.1) is 0 Å². The summed E-state index contributed by atoms with van der Waals surface area (Å²) < 4.78 is 28.9. The van der Waals surface area contributed by atoms with E-state index in [9.17, 15) is 8.42 Å². The molecule has 0 bridgehead atoms. The van der Waals surface area contributed by atoms with Crippen molar-refractivity contribution >= 4 is 21.6 Å². The minimum absolute atomic E-state index is 0.0381. The van der Waals surface area contributed by atoms with Crippen molar-refractivity contribution in [3.8, 4) is 5.75 Å². The maximum absolute atomic E-state index is 12.0. The van der Waals surface area contributed by atoms with Gasteiger partial charge in [0.1, 0.15) is 4.90 Å². The molecule has 0 atom stereocenters. The molecule has 0 spiro atoms. The van der Waals surface area contributed by atoms with Crippen LogP contribution in [0.2, 0.25) is 0 Å². The molecule has 0 saturated carbocycles. The molecule has 1 N–H and O–H groups in total. The van der Waals surface area contributed by atoms with Gasteiger partial charge in [-0.25, -0.2) is 4.98 Å². The zero-order chi connectivity index (χ0) is 11.9. The molecule has 17 heavy (non-hydrogen) atoms. The van der Waals surface area contributed by atoms with Crippen LogP contribution in [0.4, 0.5) is 11.5 Å². The lowest BCUT2D eigenvalue weighted by atomic mass is 10.3. The molecule has 2 aromatic rings. The minimum atomic E-state index is -3.82.